The summed E-state index contributed by atoms with van der Waals surface area (Å²) in [5.41, 5.74) is 0.507. The molecule has 2 aliphatic rings. The first-order valence-electron chi connectivity index (χ1n) is 8.07. The van der Waals surface area contributed by atoms with Gasteiger partial charge in [-0.15, -0.1) is 0 Å². The van der Waals surface area contributed by atoms with Gasteiger partial charge in [0, 0.05) is 24.7 Å². The molecule has 0 radical (unpaired) electrons. The van der Waals surface area contributed by atoms with Gasteiger partial charge >= 0.3 is 5.97 Å². The SMILES string of the molecule is COC(=O)c1ccc(C(=O)N2CCC[C@@]3(CCC[C@H]3O)C2)nc1. The van der Waals surface area contributed by atoms with Crippen molar-refractivity contribution in [3.05, 3.63) is 29.6 Å². The predicted molar refractivity (Wildman–Crippen MR) is 83.0 cm³/mol. The van der Waals surface area contributed by atoms with E-state index in [1.165, 1.54) is 13.3 Å². The maximum Gasteiger partial charge on any atom is 0.339 e. The molecule has 2 fully saturated rings. The summed E-state index contributed by atoms with van der Waals surface area (Å²) in [6.45, 7) is 1.28. The van der Waals surface area contributed by atoms with Crippen LogP contribution in [0, 0.1) is 5.41 Å². The van der Waals surface area contributed by atoms with Gasteiger partial charge in [-0.25, -0.2) is 4.79 Å². The van der Waals surface area contributed by atoms with Crippen LogP contribution < -0.4 is 0 Å². The summed E-state index contributed by atoms with van der Waals surface area (Å²) in [5.74, 6) is -0.609. The summed E-state index contributed by atoms with van der Waals surface area (Å²) >= 11 is 0. The summed E-state index contributed by atoms with van der Waals surface area (Å²) in [6.07, 6.45) is 5.77. The normalized spacial score (nSPS) is 27.2. The number of carbonyl (C=O) groups is 2. The molecule has 0 bridgehead atoms. The molecule has 1 aliphatic carbocycles. The molecule has 0 aromatic carbocycles. The van der Waals surface area contributed by atoms with Crippen molar-refractivity contribution in [1.29, 1.82) is 0 Å². The first kappa shape index (κ1) is 15.9. The van der Waals surface area contributed by atoms with Gasteiger partial charge in [-0.3, -0.25) is 9.78 Å². The molecule has 2 heterocycles. The van der Waals surface area contributed by atoms with Crippen LogP contribution in [-0.2, 0) is 4.74 Å². The molecule has 6 nitrogen and oxygen atoms in total. The number of aliphatic hydroxyl groups excluding tert-OH is 1. The van der Waals surface area contributed by atoms with E-state index in [0.29, 0.717) is 24.3 Å². The molecule has 1 aromatic rings. The molecule has 124 valence electrons. The van der Waals surface area contributed by atoms with Crippen molar-refractivity contribution in [2.75, 3.05) is 20.2 Å². The van der Waals surface area contributed by atoms with Gasteiger partial charge in [0.15, 0.2) is 0 Å². The van der Waals surface area contributed by atoms with Crippen LogP contribution in [0.5, 0.6) is 0 Å². The first-order valence-corrected chi connectivity index (χ1v) is 8.07. The number of nitrogens with zero attached hydrogens (tertiary/aromatic N) is 2. The van der Waals surface area contributed by atoms with Gasteiger partial charge in [-0.2, -0.15) is 0 Å². The van der Waals surface area contributed by atoms with Crippen molar-refractivity contribution >= 4 is 11.9 Å². The lowest BCUT2D eigenvalue weighted by Crippen LogP contribution is -2.49. The Hall–Kier alpha value is -1.95. The molecular formula is C17H22N2O4. The maximum absolute atomic E-state index is 12.7. The highest BCUT2D eigenvalue weighted by atomic mass is 16.5. The number of hydrogen-bond acceptors (Lipinski definition) is 5. The van der Waals surface area contributed by atoms with Gasteiger partial charge in [0.2, 0.25) is 0 Å². The summed E-state index contributed by atoms with van der Waals surface area (Å²) in [4.78, 5) is 30.0. The Bertz CT molecular complexity index is 601. The average molecular weight is 318 g/mol. The number of methoxy groups -OCH3 is 1. The Morgan fingerprint density at radius 2 is 2.13 bits per heavy atom. The third-order valence-electron chi connectivity index (χ3n) is 5.16. The van der Waals surface area contributed by atoms with Crippen LogP contribution in [0.3, 0.4) is 0 Å². The second-order valence-electron chi connectivity index (χ2n) is 6.52. The van der Waals surface area contributed by atoms with E-state index in [4.69, 9.17) is 0 Å². The third-order valence-corrected chi connectivity index (χ3v) is 5.16. The molecular weight excluding hydrogens is 296 g/mol. The summed E-state index contributed by atoms with van der Waals surface area (Å²) < 4.78 is 4.63. The molecule has 1 aliphatic heterocycles. The Kier molecular flexibility index (Phi) is 4.35. The molecule has 1 saturated carbocycles. The van der Waals surface area contributed by atoms with Crippen molar-refractivity contribution < 1.29 is 19.4 Å². The largest absolute Gasteiger partial charge is 0.465 e. The quantitative estimate of drug-likeness (QED) is 0.839. The van der Waals surface area contributed by atoms with Crippen LogP contribution in [0.4, 0.5) is 0 Å². The van der Waals surface area contributed by atoms with Crippen molar-refractivity contribution in [1.82, 2.24) is 9.88 Å². The number of esters is 1. The molecule has 6 heteroatoms. The van der Waals surface area contributed by atoms with E-state index in [1.807, 2.05) is 0 Å². The molecule has 23 heavy (non-hydrogen) atoms. The summed E-state index contributed by atoms with van der Waals surface area (Å²) in [7, 11) is 1.31. The molecule has 3 rings (SSSR count). The molecule has 1 spiro atoms. The summed E-state index contributed by atoms with van der Waals surface area (Å²) in [6, 6.07) is 3.11. The Balaban J connectivity index is 1.73. The maximum atomic E-state index is 12.7. The monoisotopic (exact) mass is 318 g/mol. The van der Waals surface area contributed by atoms with Crippen molar-refractivity contribution in [2.45, 2.75) is 38.2 Å². The lowest BCUT2D eigenvalue weighted by atomic mass is 9.76. The van der Waals surface area contributed by atoms with Crippen LogP contribution in [0.1, 0.15) is 53.0 Å². The van der Waals surface area contributed by atoms with E-state index in [9.17, 15) is 14.7 Å². The zero-order valence-corrected chi connectivity index (χ0v) is 13.3. The highest BCUT2D eigenvalue weighted by Crippen LogP contribution is 2.45. The fourth-order valence-corrected chi connectivity index (χ4v) is 3.85. The number of amides is 1. The topological polar surface area (TPSA) is 79.7 Å². The van der Waals surface area contributed by atoms with E-state index in [-0.39, 0.29) is 17.4 Å². The number of ether oxygens (including phenoxy) is 1. The van der Waals surface area contributed by atoms with Crippen molar-refractivity contribution in [2.24, 2.45) is 5.41 Å². The predicted octanol–water partition coefficient (Wildman–Crippen LogP) is 1.64. The Morgan fingerprint density at radius 1 is 1.35 bits per heavy atom. The molecule has 0 unspecified atom stereocenters. The molecule has 2 atom stereocenters. The van der Waals surface area contributed by atoms with Gasteiger partial charge < -0.3 is 14.7 Å². The lowest BCUT2D eigenvalue weighted by molar-refractivity contribution is -0.00556. The number of aliphatic hydroxyl groups is 1. The van der Waals surface area contributed by atoms with Crippen LogP contribution in [0.25, 0.3) is 0 Å². The van der Waals surface area contributed by atoms with Gasteiger partial charge in [-0.05, 0) is 37.8 Å². The van der Waals surface area contributed by atoms with Gasteiger partial charge in [0.1, 0.15) is 5.69 Å². The highest BCUT2D eigenvalue weighted by molar-refractivity contribution is 5.94. The van der Waals surface area contributed by atoms with Crippen LogP contribution in [0.15, 0.2) is 18.3 Å². The van der Waals surface area contributed by atoms with Gasteiger partial charge in [0.25, 0.3) is 5.91 Å². The summed E-state index contributed by atoms with van der Waals surface area (Å²) in [5, 5.41) is 10.3. The highest BCUT2D eigenvalue weighted by Gasteiger charge is 2.45. The first-order chi connectivity index (χ1) is 11.1. The van der Waals surface area contributed by atoms with Crippen LogP contribution in [-0.4, -0.2) is 53.2 Å². The lowest BCUT2D eigenvalue weighted by Gasteiger charge is -2.42. The molecule has 1 amide bonds. The van der Waals surface area contributed by atoms with Crippen LogP contribution >= 0.6 is 0 Å². The molecule has 1 saturated heterocycles. The zero-order valence-electron chi connectivity index (χ0n) is 13.3. The fraction of sp³-hybridized carbons (Fsp3) is 0.588. The Morgan fingerprint density at radius 3 is 2.74 bits per heavy atom. The van der Waals surface area contributed by atoms with E-state index in [1.54, 1.807) is 17.0 Å². The number of hydrogen-bond donors (Lipinski definition) is 1. The fourth-order valence-electron chi connectivity index (χ4n) is 3.85. The number of likely N-dealkylation sites (tertiary alicyclic amines) is 1. The number of carbonyl (C=O) groups excluding carboxylic acids is 2. The second kappa shape index (κ2) is 6.28. The van der Waals surface area contributed by atoms with E-state index in [0.717, 1.165) is 32.1 Å². The standard InChI is InChI=1S/C17H22N2O4/c1-23-16(22)12-5-6-13(18-10-12)15(21)19-9-3-8-17(11-19)7-2-4-14(17)20/h5-6,10,14,20H,2-4,7-9,11H2,1H3/t14-,17+/m1/s1. The minimum atomic E-state index is -0.470. The smallest absolute Gasteiger partial charge is 0.339 e. The minimum Gasteiger partial charge on any atom is -0.465 e. The van der Waals surface area contributed by atoms with E-state index >= 15 is 0 Å². The number of rotatable bonds is 2. The second-order valence-corrected chi connectivity index (χ2v) is 6.52. The Labute approximate surface area is 135 Å². The zero-order chi connectivity index (χ0) is 16.4. The van der Waals surface area contributed by atoms with Crippen LogP contribution in [0.2, 0.25) is 0 Å². The number of pyridine rings is 1. The van der Waals surface area contributed by atoms with Crippen molar-refractivity contribution in [3.8, 4) is 0 Å². The van der Waals surface area contributed by atoms with Gasteiger partial charge in [-0.1, -0.05) is 6.42 Å². The minimum absolute atomic E-state index is 0.139. The number of aromatic nitrogens is 1. The number of piperidine rings is 1. The molecule has 1 aromatic heterocycles. The van der Waals surface area contributed by atoms with Gasteiger partial charge in [0.05, 0.1) is 18.8 Å². The average Bonchev–Trinajstić information content (AvgIpc) is 2.93. The van der Waals surface area contributed by atoms with Crippen molar-refractivity contribution in [3.63, 3.8) is 0 Å². The third kappa shape index (κ3) is 2.95. The van der Waals surface area contributed by atoms with E-state index in [2.05, 4.69) is 9.72 Å². The molecule has 1 N–H and O–H groups in total. The van der Waals surface area contributed by atoms with E-state index < -0.39 is 5.97 Å².